The van der Waals surface area contributed by atoms with Gasteiger partial charge in [0.25, 0.3) is 0 Å². The first kappa shape index (κ1) is 21.4. The lowest BCUT2D eigenvalue weighted by Crippen LogP contribution is -2.67. The van der Waals surface area contributed by atoms with E-state index in [2.05, 4.69) is 5.32 Å². The number of nitrogens with one attached hydrogen (secondary N) is 1. The van der Waals surface area contributed by atoms with Crippen LogP contribution in [-0.2, 0) is 19.0 Å². The molecule has 0 aliphatic carbocycles. The Morgan fingerprint density at radius 2 is 1.50 bits per heavy atom. The van der Waals surface area contributed by atoms with E-state index in [9.17, 15) is 40.5 Å². The van der Waals surface area contributed by atoms with Crippen molar-refractivity contribution in [2.24, 2.45) is 0 Å². The fraction of sp³-hybridized carbons (Fsp3) is 0.929. The highest BCUT2D eigenvalue weighted by Gasteiger charge is 2.50. The van der Waals surface area contributed by atoms with Gasteiger partial charge in [-0.25, -0.2) is 0 Å². The normalized spacial score (nSPS) is 46.8. The molecule has 8 N–H and O–H groups in total. The summed E-state index contributed by atoms with van der Waals surface area (Å²) < 4.78 is 15.7. The second-order valence-corrected chi connectivity index (χ2v) is 6.26. The molecule has 2 saturated heterocycles. The van der Waals surface area contributed by atoms with Gasteiger partial charge in [-0.1, -0.05) is 0 Å². The molecule has 0 aromatic carbocycles. The molecule has 2 heterocycles. The number of carbonyl (C=O) groups is 1. The van der Waals surface area contributed by atoms with Crippen LogP contribution >= 0.6 is 0 Å². The van der Waals surface area contributed by atoms with Gasteiger partial charge in [0.05, 0.1) is 13.2 Å². The average Bonchev–Trinajstić information content (AvgIpc) is 2.60. The molecule has 10 atom stereocenters. The minimum atomic E-state index is -1.74. The van der Waals surface area contributed by atoms with E-state index in [1.807, 2.05) is 0 Å². The van der Waals surface area contributed by atoms with Gasteiger partial charge < -0.3 is 55.3 Å². The van der Waals surface area contributed by atoms with Crippen LogP contribution < -0.4 is 5.32 Å². The quantitative estimate of drug-likeness (QED) is 0.226. The molecule has 0 spiro atoms. The number of carbonyl (C=O) groups excluding carboxylic acids is 1. The maximum Gasteiger partial charge on any atom is 0.217 e. The maximum atomic E-state index is 11.4. The van der Waals surface area contributed by atoms with Crippen LogP contribution in [0.15, 0.2) is 0 Å². The summed E-state index contributed by atoms with van der Waals surface area (Å²) >= 11 is 0. The van der Waals surface area contributed by atoms with Crippen molar-refractivity contribution >= 4 is 5.91 Å². The van der Waals surface area contributed by atoms with E-state index in [0.717, 1.165) is 6.92 Å². The van der Waals surface area contributed by atoms with Gasteiger partial charge in [-0.2, -0.15) is 0 Å². The lowest BCUT2D eigenvalue weighted by molar-refractivity contribution is -0.341. The molecule has 0 bridgehead atoms. The third kappa shape index (κ3) is 4.31. The largest absolute Gasteiger partial charge is 0.394 e. The molecule has 26 heavy (non-hydrogen) atoms. The maximum absolute atomic E-state index is 11.4. The Bertz CT molecular complexity index is 478. The zero-order valence-electron chi connectivity index (χ0n) is 14.0. The van der Waals surface area contributed by atoms with Crippen molar-refractivity contribution in [3.63, 3.8) is 0 Å². The number of hydrogen-bond donors (Lipinski definition) is 8. The topological polar surface area (TPSA) is 198 Å². The van der Waals surface area contributed by atoms with Crippen LogP contribution in [0.5, 0.6) is 0 Å². The summed E-state index contributed by atoms with van der Waals surface area (Å²) in [5.74, 6) is -0.574. The zero-order valence-corrected chi connectivity index (χ0v) is 14.0. The Kier molecular flexibility index (Phi) is 7.27. The summed E-state index contributed by atoms with van der Waals surface area (Å²) in [6, 6.07) is -1.28. The van der Waals surface area contributed by atoms with Crippen molar-refractivity contribution < 1.29 is 54.8 Å². The van der Waals surface area contributed by atoms with Crippen LogP contribution in [0.3, 0.4) is 0 Å². The minimum absolute atomic E-state index is 0.574. The molecule has 1 unspecified atom stereocenters. The van der Waals surface area contributed by atoms with E-state index in [0.29, 0.717) is 0 Å². The molecule has 0 radical (unpaired) electrons. The first-order valence-electron chi connectivity index (χ1n) is 8.06. The molecular weight excluding hydrogens is 358 g/mol. The van der Waals surface area contributed by atoms with Crippen LogP contribution in [0.1, 0.15) is 6.92 Å². The van der Waals surface area contributed by atoms with Crippen molar-refractivity contribution in [1.29, 1.82) is 0 Å². The third-order valence-electron chi connectivity index (χ3n) is 4.38. The molecule has 2 rings (SSSR count). The fourth-order valence-electron chi connectivity index (χ4n) is 2.97. The molecule has 0 saturated carbocycles. The van der Waals surface area contributed by atoms with Crippen LogP contribution in [0, 0.1) is 0 Å². The standard InChI is InChI=1S/C14H25NO11/c1-4(18)15-7-12(9(20)6(3-17)24-13(7)23)26-14-11(22)10(21)8(19)5(2-16)25-14/h5-14,16-17,19-23H,2-3H2,1H3,(H,15,18)/t5-,6-,7-,8+,9-,10+,11-,12-,13-,14?/m1/s1. The zero-order chi connectivity index (χ0) is 19.6. The summed E-state index contributed by atoms with van der Waals surface area (Å²) in [5, 5.41) is 70.7. The van der Waals surface area contributed by atoms with E-state index >= 15 is 0 Å². The molecule has 2 aliphatic heterocycles. The second kappa shape index (κ2) is 8.84. The number of aliphatic hydroxyl groups is 7. The molecule has 2 aliphatic rings. The molecule has 2 fully saturated rings. The number of amides is 1. The molecule has 0 aromatic rings. The number of hydrogen-bond acceptors (Lipinski definition) is 11. The summed E-state index contributed by atoms with van der Waals surface area (Å²) in [6.07, 6.45) is -13.7. The van der Waals surface area contributed by atoms with Crippen molar-refractivity contribution in [2.75, 3.05) is 13.2 Å². The highest BCUT2D eigenvalue weighted by atomic mass is 16.7. The smallest absolute Gasteiger partial charge is 0.217 e. The van der Waals surface area contributed by atoms with E-state index in [-0.39, 0.29) is 0 Å². The Morgan fingerprint density at radius 1 is 0.923 bits per heavy atom. The number of aliphatic hydroxyl groups excluding tert-OH is 7. The van der Waals surface area contributed by atoms with Gasteiger partial charge in [0.1, 0.15) is 48.8 Å². The Balaban J connectivity index is 2.21. The highest BCUT2D eigenvalue weighted by Crippen LogP contribution is 2.28. The molecule has 1 amide bonds. The Morgan fingerprint density at radius 3 is 2.04 bits per heavy atom. The van der Waals surface area contributed by atoms with Gasteiger partial charge in [0.2, 0.25) is 5.91 Å². The van der Waals surface area contributed by atoms with Crippen LogP contribution in [0.4, 0.5) is 0 Å². The van der Waals surface area contributed by atoms with Gasteiger partial charge in [0.15, 0.2) is 12.6 Å². The third-order valence-corrected chi connectivity index (χ3v) is 4.38. The van der Waals surface area contributed by atoms with Gasteiger partial charge in [-0.05, 0) is 0 Å². The highest BCUT2D eigenvalue weighted by molar-refractivity contribution is 5.73. The fourth-order valence-corrected chi connectivity index (χ4v) is 2.97. The van der Waals surface area contributed by atoms with Gasteiger partial charge in [0, 0.05) is 6.92 Å². The first-order valence-corrected chi connectivity index (χ1v) is 8.06. The van der Waals surface area contributed by atoms with Crippen molar-refractivity contribution in [2.45, 2.75) is 68.3 Å². The molecule has 152 valence electrons. The molecule has 12 heteroatoms. The van der Waals surface area contributed by atoms with Crippen molar-refractivity contribution in [3.05, 3.63) is 0 Å². The minimum Gasteiger partial charge on any atom is -0.394 e. The second-order valence-electron chi connectivity index (χ2n) is 6.26. The van der Waals surface area contributed by atoms with Crippen LogP contribution in [0.25, 0.3) is 0 Å². The predicted molar refractivity (Wildman–Crippen MR) is 80.2 cm³/mol. The molecular formula is C14H25NO11. The summed E-state index contributed by atoms with van der Waals surface area (Å²) in [4.78, 5) is 11.4. The molecule has 12 nitrogen and oxygen atoms in total. The average molecular weight is 383 g/mol. The number of ether oxygens (including phenoxy) is 3. The number of rotatable bonds is 5. The first-order chi connectivity index (χ1) is 12.2. The van der Waals surface area contributed by atoms with Gasteiger partial charge in [-0.3, -0.25) is 4.79 Å². The predicted octanol–water partition coefficient (Wildman–Crippen LogP) is -5.25. The monoisotopic (exact) mass is 383 g/mol. The van der Waals surface area contributed by atoms with E-state index in [1.165, 1.54) is 0 Å². The van der Waals surface area contributed by atoms with Crippen molar-refractivity contribution in [1.82, 2.24) is 5.32 Å². The lowest BCUT2D eigenvalue weighted by Gasteiger charge is -2.46. The van der Waals surface area contributed by atoms with Crippen LogP contribution in [0.2, 0.25) is 0 Å². The Hall–Kier alpha value is -0.930. The summed E-state index contributed by atoms with van der Waals surface area (Å²) in [6.45, 7) is -0.195. The van der Waals surface area contributed by atoms with Crippen molar-refractivity contribution in [3.8, 4) is 0 Å². The Labute approximate surface area is 148 Å². The molecule has 0 aromatic heterocycles. The summed E-state index contributed by atoms with van der Waals surface area (Å²) in [5.41, 5.74) is 0. The van der Waals surface area contributed by atoms with Gasteiger partial charge in [-0.15, -0.1) is 0 Å². The van der Waals surface area contributed by atoms with Crippen LogP contribution in [-0.4, -0.2) is 116 Å². The SMILES string of the molecule is CC(=O)N[C@@H]1[C@@H](OC2O[C@H](CO)[C@H](O)[C@H](O)[C@H]2O)[C@H](O)[C@@H](CO)O[C@H]1O. The lowest BCUT2D eigenvalue weighted by atomic mass is 9.95. The van der Waals surface area contributed by atoms with Gasteiger partial charge >= 0.3 is 0 Å². The van der Waals surface area contributed by atoms with E-state index in [4.69, 9.17) is 14.2 Å². The van der Waals surface area contributed by atoms with E-state index in [1.54, 1.807) is 0 Å². The van der Waals surface area contributed by atoms with E-state index < -0.39 is 80.5 Å². The summed E-state index contributed by atoms with van der Waals surface area (Å²) in [7, 11) is 0.